The first-order chi connectivity index (χ1) is 8.10. The van der Waals surface area contributed by atoms with Crippen molar-refractivity contribution in [2.24, 2.45) is 0 Å². The number of hydrogen-bond donors (Lipinski definition) is 1. The molecular weight excluding hydrogens is 286 g/mol. The van der Waals surface area contributed by atoms with Crippen LogP contribution >= 0.6 is 15.9 Å². The maximum absolute atomic E-state index is 11.4. The number of hydrogen-bond acceptors (Lipinski definition) is 3. The third-order valence-corrected chi connectivity index (χ3v) is 2.95. The zero-order valence-corrected chi connectivity index (χ0v) is 10.7. The van der Waals surface area contributed by atoms with Gasteiger partial charge in [0, 0.05) is 21.4 Å². The monoisotopic (exact) mass is 295 g/mol. The van der Waals surface area contributed by atoms with Gasteiger partial charge in [-0.2, -0.15) is 0 Å². The van der Waals surface area contributed by atoms with Gasteiger partial charge in [-0.05, 0) is 23.8 Å². The van der Waals surface area contributed by atoms with Gasteiger partial charge >= 0.3 is 5.97 Å². The second kappa shape index (κ2) is 4.71. The maximum Gasteiger partial charge on any atom is 0.310 e. The lowest BCUT2D eigenvalue weighted by molar-refractivity contribution is -0.139. The molecule has 0 aliphatic carbocycles. The quantitative estimate of drug-likeness (QED) is 0.862. The number of esters is 1. The van der Waals surface area contributed by atoms with Crippen molar-refractivity contribution in [1.29, 1.82) is 0 Å². The molecule has 0 saturated heterocycles. The summed E-state index contributed by atoms with van der Waals surface area (Å²) in [5, 5.41) is 0.837. The van der Waals surface area contributed by atoms with E-state index in [9.17, 15) is 9.59 Å². The molecule has 0 saturated carbocycles. The van der Waals surface area contributed by atoms with Gasteiger partial charge in [-0.3, -0.25) is 9.59 Å². The van der Waals surface area contributed by atoms with E-state index in [0.29, 0.717) is 11.1 Å². The normalized spacial score (nSPS) is 10.5. The number of rotatable bonds is 2. The van der Waals surface area contributed by atoms with Crippen LogP contribution in [0.25, 0.3) is 10.9 Å². The van der Waals surface area contributed by atoms with E-state index in [1.807, 2.05) is 12.1 Å². The van der Waals surface area contributed by atoms with Gasteiger partial charge in [0.15, 0.2) is 0 Å². The van der Waals surface area contributed by atoms with Gasteiger partial charge in [-0.25, -0.2) is 0 Å². The van der Waals surface area contributed by atoms with Crippen LogP contribution in [0, 0.1) is 0 Å². The van der Waals surface area contributed by atoms with Crippen LogP contribution in [-0.4, -0.2) is 18.1 Å². The largest absolute Gasteiger partial charge is 0.469 e. The molecule has 5 heteroatoms. The summed E-state index contributed by atoms with van der Waals surface area (Å²) >= 11 is 3.36. The van der Waals surface area contributed by atoms with E-state index in [1.165, 1.54) is 13.2 Å². The number of carbonyl (C=O) groups excluding carboxylic acids is 1. The van der Waals surface area contributed by atoms with Crippen molar-refractivity contribution in [2.45, 2.75) is 6.42 Å². The predicted octanol–water partition coefficient (Wildman–Crippen LogP) is 2.01. The number of carbonyl (C=O) groups is 1. The molecule has 1 aromatic heterocycles. The molecule has 1 heterocycles. The molecule has 4 nitrogen and oxygen atoms in total. The Morgan fingerprint density at radius 1 is 1.41 bits per heavy atom. The van der Waals surface area contributed by atoms with Gasteiger partial charge in [0.2, 0.25) is 5.56 Å². The van der Waals surface area contributed by atoms with Crippen LogP contribution in [0.15, 0.2) is 33.5 Å². The van der Waals surface area contributed by atoms with E-state index in [0.717, 1.165) is 9.86 Å². The summed E-state index contributed by atoms with van der Waals surface area (Å²) in [5.41, 5.74) is 1.15. The highest BCUT2D eigenvalue weighted by atomic mass is 79.9. The minimum absolute atomic E-state index is 0.0906. The highest BCUT2D eigenvalue weighted by Crippen LogP contribution is 2.20. The fourth-order valence-electron chi connectivity index (χ4n) is 1.67. The van der Waals surface area contributed by atoms with Gasteiger partial charge in [0.1, 0.15) is 0 Å². The lowest BCUT2D eigenvalue weighted by Gasteiger charge is -2.05. The lowest BCUT2D eigenvalue weighted by atomic mass is 10.1. The zero-order valence-electron chi connectivity index (χ0n) is 9.12. The summed E-state index contributed by atoms with van der Waals surface area (Å²) in [5.74, 6) is -0.364. The van der Waals surface area contributed by atoms with E-state index in [-0.39, 0.29) is 17.9 Å². The third-order valence-electron chi connectivity index (χ3n) is 2.45. The van der Waals surface area contributed by atoms with Crippen molar-refractivity contribution in [3.8, 4) is 0 Å². The van der Waals surface area contributed by atoms with Crippen LogP contribution in [0.2, 0.25) is 0 Å². The Kier molecular flexibility index (Phi) is 3.28. The minimum Gasteiger partial charge on any atom is -0.469 e. The molecule has 0 aliphatic rings. The summed E-state index contributed by atoms with van der Waals surface area (Å²) in [6.45, 7) is 0. The van der Waals surface area contributed by atoms with Gasteiger partial charge in [-0.15, -0.1) is 0 Å². The second-order valence-electron chi connectivity index (χ2n) is 3.60. The molecule has 1 aromatic carbocycles. The minimum atomic E-state index is -0.364. The van der Waals surface area contributed by atoms with Crippen LogP contribution in [-0.2, 0) is 16.0 Å². The molecule has 0 bridgehead atoms. The first kappa shape index (κ1) is 11.9. The molecular formula is C12H10BrNO3. The van der Waals surface area contributed by atoms with Crippen molar-refractivity contribution in [1.82, 2.24) is 4.98 Å². The Balaban J connectivity index is 2.63. The molecule has 0 radical (unpaired) electrons. The number of nitrogens with one attached hydrogen (secondary N) is 1. The Hall–Kier alpha value is -1.62. The molecule has 1 N–H and O–H groups in total. The smallest absolute Gasteiger partial charge is 0.310 e. The standard InChI is InChI=1S/C12H10BrNO3/c1-17-12(16)5-7-4-11(15)14-10-3-2-8(13)6-9(7)10/h2-4,6H,5H2,1H3,(H,14,15). The van der Waals surface area contributed by atoms with Crippen LogP contribution in [0.3, 0.4) is 0 Å². The van der Waals surface area contributed by atoms with Crippen LogP contribution in [0.1, 0.15) is 5.56 Å². The molecule has 2 aromatic rings. The number of ether oxygens (including phenoxy) is 1. The Labute approximate surface area is 106 Å². The molecule has 0 atom stereocenters. The molecule has 2 rings (SSSR count). The van der Waals surface area contributed by atoms with Crippen LogP contribution in [0.5, 0.6) is 0 Å². The first-order valence-corrected chi connectivity index (χ1v) is 5.78. The highest BCUT2D eigenvalue weighted by Gasteiger charge is 2.09. The van der Waals surface area contributed by atoms with E-state index >= 15 is 0 Å². The number of aromatic amines is 1. The van der Waals surface area contributed by atoms with Gasteiger partial charge in [-0.1, -0.05) is 15.9 Å². The highest BCUT2D eigenvalue weighted by molar-refractivity contribution is 9.10. The summed E-state index contributed by atoms with van der Waals surface area (Å²) in [6.07, 6.45) is 0.0906. The lowest BCUT2D eigenvalue weighted by Crippen LogP contribution is -2.11. The van der Waals surface area contributed by atoms with Gasteiger partial charge < -0.3 is 9.72 Å². The number of fused-ring (bicyclic) bond motifs is 1. The Morgan fingerprint density at radius 3 is 2.88 bits per heavy atom. The van der Waals surface area contributed by atoms with E-state index in [4.69, 9.17) is 0 Å². The topological polar surface area (TPSA) is 59.2 Å². The third kappa shape index (κ3) is 2.55. The van der Waals surface area contributed by atoms with Gasteiger partial charge in [0.25, 0.3) is 0 Å². The molecule has 17 heavy (non-hydrogen) atoms. The number of pyridine rings is 1. The van der Waals surface area contributed by atoms with Crippen molar-refractivity contribution in [3.63, 3.8) is 0 Å². The predicted molar refractivity (Wildman–Crippen MR) is 68.0 cm³/mol. The van der Waals surface area contributed by atoms with E-state index in [2.05, 4.69) is 25.7 Å². The summed E-state index contributed by atoms with van der Waals surface area (Å²) in [4.78, 5) is 25.4. The summed E-state index contributed by atoms with van der Waals surface area (Å²) < 4.78 is 5.50. The number of halogens is 1. The van der Waals surface area contributed by atoms with Crippen molar-refractivity contribution in [3.05, 3.63) is 44.7 Å². The first-order valence-electron chi connectivity index (χ1n) is 4.98. The van der Waals surface area contributed by atoms with Crippen molar-refractivity contribution in [2.75, 3.05) is 7.11 Å². The van der Waals surface area contributed by atoms with Crippen molar-refractivity contribution < 1.29 is 9.53 Å². The summed E-state index contributed by atoms with van der Waals surface area (Å²) in [6, 6.07) is 6.91. The molecule has 0 amide bonds. The molecule has 88 valence electrons. The number of aromatic nitrogens is 1. The second-order valence-corrected chi connectivity index (χ2v) is 4.52. The van der Waals surface area contributed by atoms with Crippen LogP contribution in [0.4, 0.5) is 0 Å². The molecule has 0 aliphatic heterocycles. The average Bonchev–Trinajstić information content (AvgIpc) is 2.29. The van der Waals surface area contributed by atoms with Crippen LogP contribution < -0.4 is 5.56 Å². The number of methoxy groups -OCH3 is 1. The van der Waals surface area contributed by atoms with Gasteiger partial charge in [0.05, 0.1) is 13.5 Å². The SMILES string of the molecule is COC(=O)Cc1cc(=O)[nH]c2ccc(Br)cc12. The van der Waals surface area contributed by atoms with E-state index < -0.39 is 0 Å². The fourth-order valence-corrected chi connectivity index (χ4v) is 2.03. The zero-order chi connectivity index (χ0) is 12.4. The Bertz CT molecular complexity index is 633. The Morgan fingerprint density at radius 2 is 2.18 bits per heavy atom. The molecule has 0 unspecified atom stereocenters. The number of H-pyrrole nitrogens is 1. The summed E-state index contributed by atoms with van der Waals surface area (Å²) in [7, 11) is 1.33. The fraction of sp³-hybridized carbons (Fsp3) is 0.167. The molecule has 0 fully saturated rings. The van der Waals surface area contributed by atoms with E-state index in [1.54, 1.807) is 6.07 Å². The molecule has 0 spiro atoms. The average molecular weight is 296 g/mol. The number of benzene rings is 1. The maximum atomic E-state index is 11.4. The van der Waals surface area contributed by atoms with Crippen molar-refractivity contribution >= 4 is 32.8 Å².